The fourth-order valence-corrected chi connectivity index (χ4v) is 2.77. The first-order valence-electron chi connectivity index (χ1n) is 8.03. The van der Waals surface area contributed by atoms with E-state index in [1.165, 1.54) is 5.56 Å². The van der Waals surface area contributed by atoms with E-state index in [1.54, 1.807) is 18.7 Å². The van der Waals surface area contributed by atoms with Gasteiger partial charge in [-0.2, -0.15) is 0 Å². The minimum atomic E-state index is 0.643. The van der Waals surface area contributed by atoms with Gasteiger partial charge >= 0.3 is 0 Å². The Kier molecular flexibility index (Phi) is 3.96. The number of benzene rings is 2. The standard InChI is InChI=1S/C20H17N5/c21-17-8-16(11-22-12-17)15-6-7-19-18(9-15)20(25-13-24-19)23-10-14-4-2-1-3-5-14/h1-9,11-13H,10,21H2,(H,23,24,25). The Balaban J connectivity index is 1.71. The monoisotopic (exact) mass is 327 g/mol. The Morgan fingerprint density at radius 3 is 2.60 bits per heavy atom. The van der Waals surface area contributed by atoms with Crippen molar-refractivity contribution in [2.24, 2.45) is 0 Å². The molecule has 0 bridgehead atoms. The summed E-state index contributed by atoms with van der Waals surface area (Å²) in [7, 11) is 0. The van der Waals surface area contributed by atoms with Gasteiger partial charge in [0.25, 0.3) is 0 Å². The van der Waals surface area contributed by atoms with Crippen LogP contribution in [0.3, 0.4) is 0 Å². The Hall–Kier alpha value is -3.47. The molecule has 5 nitrogen and oxygen atoms in total. The summed E-state index contributed by atoms with van der Waals surface area (Å²) >= 11 is 0. The summed E-state index contributed by atoms with van der Waals surface area (Å²) in [5.41, 5.74) is 10.6. The Labute approximate surface area is 145 Å². The number of rotatable bonds is 4. The average Bonchev–Trinajstić information content (AvgIpc) is 2.67. The van der Waals surface area contributed by atoms with Crippen molar-refractivity contribution in [1.82, 2.24) is 15.0 Å². The van der Waals surface area contributed by atoms with E-state index in [2.05, 4.69) is 38.5 Å². The highest BCUT2D eigenvalue weighted by Crippen LogP contribution is 2.27. The topological polar surface area (TPSA) is 76.7 Å². The second-order valence-corrected chi connectivity index (χ2v) is 5.80. The van der Waals surface area contributed by atoms with Gasteiger partial charge in [0.1, 0.15) is 12.1 Å². The van der Waals surface area contributed by atoms with Crippen molar-refractivity contribution in [2.45, 2.75) is 6.54 Å². The number of pyridine rings is 1. The number of hydrogen-bond donors (Lipinski definition) is 2. The summed E-state index contributed by atoms with van der Waals surface area (Å²) in [6.45, 7) is 0.705. The highest BCUT2D eigenvalue weighted by Gasteiger charge is 2.07. The third kappa shape index (κ3) is 3.26. The van der Waals surface area contributed by atoms with Crippen molar-refractivity contribution in [3.8, 4) is 11.1 Å². The van der Waals surface area contributed by atoms with Gasteiger partial charge in [0, 0.05) is 29.9 Å². The largest absolute Gasteiger partial charge is 0.397 e. The summed E-state index contributed by atoms with van der Waals surface area (Å²) in [5.74, 6) is 0.813. The van der Waals surface area contributed by atoms with Gasteiger partial charge in [-0.05, 0) is 29.3 Å². The molecule has 0 fully saturated rings. The van der Waals surface area contributed by atoms with Crippen LogP contribution in [0.15, 0.2) is 73.3 Å². The van der Waals surface area contributed by atoms with Crippen molar-refractivity contribution < 1.29 is 0 Å². The van der Waals surface area contributed by atoms with E-state index >= 15 is 0 Å². The van der Waals surface area contributed by atoms with E-state index in [0.717, 1.165) is 27.8 Å². The molecule has 0 aliphatic rings. The molecule has 0 atom stereocenters. The van der Waals surface area contributed by atoms with E-state index in [-0.39, 0.29) is 0 Å². The second kappa shape index (κ2) is 6.57. The summed E-state index contributed by atoms with van der Waals surface area (Å²) in [6.07, 6.45) is 5.02. The van der Waals surface area contributed by atoms with Crippen molar-refractivity contribution in [1.29, 1.82) is 0 Å². The first kappa shape index (κ1) is 15.1. The molecule has 2 aromatic carbocycles. The third-order valence-electron chi connectivity index (χ3n) is 4.03. The number of nitrogens with zero attached hydrogens (tertiary/aromatic N) is 3. The Morgan fingerprint density at radius 2 is 1.76 bits per heavy atom. The zero-order chi connectivity index (χ0) is 17.1. The Bertz CT molecular complexity index is 1010. The quantitative estimate of drug-likeness (QED) is 0.595. The zero-order valence-corrected chi connectivity index (χ0v) is 13.6. The molecule has 0 spiro atoms. The van der Waals surface area contributed by atoms with E-state index in [1.807, 2.05) is 36.4 Å². The van der Waals surface area contributed by atoms with Gasteiger partial charge in [-0.3, -0.25) is 4.98 Å². The molecule has 4 aromatic rings. The van der Waals surface area contributed by atoms with Crippen molar-refractivity contribution in [3.05, 3.63) is 78.9 Å². The molecule has 0 radical (unpaired) electrons. The average molecular weight is 327 g/mol. The van der Waals surface area contributed by atoms with Crippen LogP contribution in [0, 0.1) is 0 Å². The summed E-state index contributed by atoms with van der Waals surface area (Å²) < 4.78 is 0. The van der Waals surface area contributed by atoms with Crippen molar-refractivity contribution >= 4 is 22.4 Å². The van der Waals surface area contributed by atoms with Gasteiger partial charge < -0.3 is 11.1 Å². The normalized spacial score (nSPS) is 10.7. The molecule has 0 aliphatic heterocycles. The molecule has 0 unspecified atom stereocenters. The first-order chi connectivity index (χ1) is 12.3. The van der Waals surface area contributed by atoms with Gasteiger partial charge in [0.05, 0.1) is 11.2 Å². The minimum absolute atomic E-state index is 0.643. The molecular formula is C20H17N5. The summed E-state index contributed by atoms with van der Waals surface area (Å²) in [4.78, 5) is 12.9. The molecule has 4 rings (SSSR count). The van der Waals surface area contributed by atoms with Crippen LogP contribution < -0.4 is 11.1 Å². The van der Waals surface area contributed by atoms with Gasteiger partial charge in [0.15, 0.2) is 0 Å². The number of hydrogen-bond acceptors (Lipinski definition) is 5. The van der Waals surface area contributed by atoms with Crippen LogP contribution in [0.4, 0.5) is 11.5 Å². The predicted octanol–water partition coefficient (Wildman–Crippen LogP) is 3.89. The third-order valence-corrected chi connectivity index (χ3v) is 4.03. The highest BCUT2D eigenvalue weighted by molar-refractivity contribution is 5.92. The summed E-state index contributed by atoms with van der Waals surface area (Å²) in [6, 6.07) is 18.2. The van der Waals surface area contributed by atoms with Crippen LogP contribution in [0.2, 0.25) is 0 Å². The minimum Gasteiger partial charge on any atom is -0.397 e. The lowest BCUT2D eigenvalue weighted by Gasteiger charge is -2.10. The zero-order valence-electron chi connectivity index (χ0n) is 13.6. The Morgan fingerprint density at radius 1 is 0.880 bits per heavy atom. The van der Waals surface area contributed by atoms with Gasteiger partial charge in [-0.15, -0.1) is 0 Å². The van der Waals surface area contributed by atoms with Crippen LogP contribution in [0.1, 0.15) is 5.56 Å². The number of nitrogens with one attached hydrogen (secondary N) is 1. The van der Waals surface area contributed by atoms with Crippen LogP contribution in [-0.2, 0) is 6.54 Å². The van der Waals surface area contributed by atoms with Crippen LogP contribution in [0.25, 0.3) is 22.0 Å². The van der Waals surface area contributed by atoms with Crippen molar-refractivity contribution in [3.63, 3.8) is 0 Å². The van der Waals surface area contributed by atoms with Gasteiger partial charge in [0.2, 0.25) is 0 Å². The molecule has 2 aromatic heterocycles. The first-order valence-corrected chi connectivity index (χ1v) is 8.03. The van der Waals surface area contributed by atoms with Crippen LogP contribution >= 0.6 is 0 Å². The highest BCUT2D eigenvalue weighted by atomic mass is 15.0. The number of nitrogen functional groups attached to an aromatic ring is 1. The maximum atomic E-state index is 5.85. The second-order valence-electron chi connectivity index (χ2n) is 5.80. The maximum Gasteiger partial charge on any atom is 0.137 e. The molecule has 0 amide bonds. The number of nitrogens with two attached hydrogens (primary N) is 1. The van der Waals surface area contributed by atoms with E-state index in [0.29, 0.717) is 12.2 Å². The summed E-state index contributed by atoms with van der Waals surface area (Å²) in [5, 5.41) is 4.37. The predicted molar refractivity (Wildman–Crippen MR) is 101 cm³/mol. The number of aromatic nitrogens is 3. The van der Waals surface area contributed by atoms with E-state index < -0.39 is 0 Å². The van der Waals surface area contributed by atoms with Crippen LogP contribution in [0.5, 0.6) is 0 Å². The lowest BCUT2D eigenvalue weighted by atomic mass is 10.0. The molecule has 25 heavy (non-hydrogen) atoms. The molecule has 0 saturated carbocycles. The maximum absolute atomic E-state index is 5.85. The molecule has 5 heteroatoms. The number of fused-ring (bicyclic) bond motifs is 1. The lowest BCUT2D eigenvalue weighted by molar-refractivity contribution is 1.10. The van der Waals surface area contributed by atoms with Crippen molar-refractivity contribution in [2.75, 3.05) is 11.1 Å². The SMILES string of the molecule is Nc1cncc(-c2ccc3ncnc(NCc4ccccc4)c3c2)c1. The van der Waals surface area contributed by atoms with Gasteiger partial charge in [-0.25, -0.2) is 9.97 Å². The van der Waals surface area contributed by atoms with Crippen LogP contribution in [-0.4, -0.2) is 15.0 Å². The number of anilines is 2. The van der Waals surface area contributed by atoms with E-state index in [4.69, 9.17) is 5.73 Å². The molecule has 0 saturated heterocycles. The fourth-order valence-electron chi connectivity index (χ4n) is 2.77. The molecule has 2 heterocycles. The fraction of sp³-hybridized carbons (Fsp3) is 0.0500. The van der Waals surface area contributed by atoms with Gasteiger partial charge in [-0.1, -0.05) is 36.4 Å². The molecule has 3 N–H and O–H groups in total. The van der Waals surface area contributed by atoms with E-state index in [9.17, 15) is 0 Å². The lowest BCUT2D eigenvalue weighted by Crippen LogP contribution is -2.02. The molecule has 122 valence electrons. The molecule has 0 aliphatic carbocycles. The molecular weight excluding hydrogens is 310 g/mol. The smallest absolute Gasteiger partial charge is 0.137 e.